The standard InChI is InChI=1S/C29H40N2O3.C27H35ClN2O2.C27H38N4O3.C25H34N4O2/c1-4-33-26-14-12-24(13-15-26)30-27-19-23(29(34-21-32)17-8-18-29)11-16-28(27)31(20-22(2)3)25-9-6-5-7-10-25;1-20(2)18-30(24-7-4-3-5-8-24)26-14-9-21(27(32-19-31)15-6-16-27)17-25(26)29-23-12-10-22(28)11-13-23;1-4-34-26-28-16-21(17-29-26)30-23-15-20(27(25(32)33)13-8-14-27)11-12-24(23)31(18-19(2)3)22-9-6-5-7-10-22;1-19(2)16-29(22-7-4-3-5-8-22)24-10-9-20(25(31-18-30)11-6-12-25)13-23(24)28-21-14-26-17-27-15-21/h11-16,19,21-22,25,30H,4-10,17-18,20H2,1-3H3;9-14,17,19-20,24,29H,3-8,15-16,18H2,1-2H3;11-12,15-17,19,22,30H,4-10,13-14,18H2,1-3H3,(H,32,33);9-10,13-15,17-19,22,28H,3-8,11-12,16H2,1-2H3. The summed E-state index contributed by atoms with van der Waals surface area (Å²) >= 11 is 6.12. The zero-order chi connectivity index (χ0) is 92.3. The normalized spacial score (nSPS) is 17.9. The van der Waals surface area contributed by atoms with Gasteiger partial charge < -0.3 is 69.7 Å². The van der Waals surface area contributed by atoms with Crippen LogP contribution in [0.1, 0.15) is 297 Å². The molecule has 2 aromatic heterocycles. The number of halogens is 1. The highest BCUT2D eigenvalue weighted by Gasteiger charge is 2.48. The van der Waals surface area contributed by atoms with Crippen LogP contribution in [0.4, 0.5) is 68.2 Å². The highest BCUT2D eigenvalue weighted by atomic mass is 35.5. The van der Waals surface area contributed by atoms with E-state index in [1.807, 2.05) is 56.3 Å². The third kappa shape index (κ3) is 25.3. The summed E-state index contributed by atoms with van der Waals surface area (Å²) in [7, 11) is 0. The summed E-state index contributed by atoms with van der Waals surface area (Å²) < 4.78 is 27.9. The Morgan fingerprint density at radius 2 is 0.687 bits per heavy atom. The molecule has 16 rings (SSSR count). The summed E-state index contributed by atoms with van der Waals surface area (Å²) in [5.41, 5.74) is 14.4. The van der Waals surface area contributed by atoms with Gasteiger partial charge in [-0.3, -0.25) is 19.2 Å². The van der Waals surface area contributed by atoms with Crippen LogP contribution < -0.4 is 50.3 Å². The number of hydrogen-bond acceptors (Lipinski definition) is 21. The van der Waals surface area contributed by atoms with E-state index in [9.17, 15) is 24.3 Å². The molecule has 22 nitrogen and oxygen atoms in total. The summed E-state index contributed by atoms with van der Waals surface area (Å²) in [6.45, 7) is 29.2. The van der Waals surface area contributed by atoms with Gasteiger partial charge in [-0.05, 0) is 279 Å². The lowest BCUT2D eigenvalue weighted by Gasteiger charge is -2.42. The first kappa shape index (κ1) is 98.2. The van der Waals surface area contributed by atoms with Crippen molar-refractivity contribution in [3.05, 3.63) is 180 Å². The molecule has 8 aliphatic rings. The maximum atomic E-state index is 12.2. The van der Waals surface area contributed by atoms with Crippen LogP contribution >= 0.6 is 11.6 Å². The minimum absolute atomic E-state index is 0.352. The fourth-order valence-electron chi connectivity index (χ4n) is 20.9. The van der Waals surface area contributed by atoms with E-state index in [0.717, 1.165) is 175 Å². The molecule has 8 saturated carbocycles. The van der Waals surface area contributed by atoms with E-state index in [-0.39, 0.29) is 0 Å². The maximum Gasteiger partial charge on any atom is 0.316 e. The maximum absolute atomic E-state index is 12.2. The number of carboxylic acid groups (broad SMARTS) is 1. The lowest BCUT2D eigenvalue weighted by molar-refractivity contribution is -0.156. The molecule has 0 bridgehead atoms. The third-order valence-corrected chi connectivity index (χ3v) is 28.4. The van der Waals surface area contributed by atoms with Crippen molar-refractivity contribution in [2.24, 2.45) is 23.7 Å². The molecule has 131 heavy (non-hydrogen) atoms. The van der Waals surface area contributed by atoms with Crippen molar-refractivity contribution in [3.8, 4) is 11.8 Å². The largest absolute Gasteiger partial charge is 0.494 e. The molecule has 0 unspecified atom stereocenters. The lowest BCUT2D eigenvalue weighted by atomic mass is 9.64. The summed E-state index contributed by atoms with van der Waals surface area (Å²) in [5.74, 6) is 2.35. The van der Waals surface area contributed by atoms with Crippen molar-refractivity contribution in [2.45, 2.75) is 321 Å². The predicted molar refractivity (Wildman–Crippen MR) is 531 cm³/mol. The Balaban J connectivity index is 0.000000149. The minimum Gasteiger partial charge on any atom is -0.494 e. The van der Waals surface area contributed by atoms with Gasteiger partial charge in [-0.25, -0.2) is 19.9 Å². The van der Waals surface area contributed by atoms with Gasteiger partial charge in [0.1, 0.15) is 28.9 Å². The first-order valence-electron chi connectivity index (χ1n) is 49.6. The number of anilines is 12. The van der Waals surface area contributed by atoms with Crippen molar-refractivity contribution in [1.82, 2.24) is 19.9 Å². The molecule has 2 heterocycles. The molecule has 0 atom stereocenters. The highest BCUT2D eigenvalue weighted by Crippen LogP contribution is 2.52. The minimum atomic E-state index is -0.780. The molecule has 706 valence electrons. The fourth-order valence-corrected chi connectivity index (χ4v) is 21.0. The number of benzene rings is 6. The summed E-state index contributed by atoms with van der Waals surface area (Å²) in [4.78, 5) is 73.2. The SMILES string of the molecule is CC(C)CN(c1ccc(C2(OC=O)CCC2)cc1Nc1ccc(Cl)cc1)C1CCCCC1.CC(C)CN(c1ccc(C2(OC=O)CCC2)cc1Nc1cncnc1)C1CCCCC1.CCOc1ccc(Nc2cc(C3(OC=O)CCC3)ccc2N(CC(C)C)C2CCCCC2)cc1.CCOc1ncc(Nc2cc(C3(C(=O)O)CCC3)ccc2N(CC(C)C)C2CCCCC2)cn1. The second-order valence-corrected chi connectivity index (χ2v) is 39.9. The Bertz CT molecular complexity index is 4880. The molecule has 0 amide bonds. The van der Waals surface area contributed by atoms with Crippen LogP contribution in [0, 0.1) is 23.7 Å². The summed E-state index contributed by atoms with van der Waals surface area (Å²) in [6.07, 6.45) is 44.8. The quantitative estimate of drug-likeness (QED) is 0.0177. The van der Waals surface area contributed by atoms with Crippen LogP contribution in [0.2, 0.25) is 5.02 Å². The van der Waals surface area contributed by atoms with Gasteiger partial charge in [-0.1, -0.05) is 175 Å². The van der Waals surface area contributed by atoms with E-state index in [2.05, 4.69) is 195 Å². The smallest absolute Gasteiger partial charge is 0.316 e. The van der Waals surface area contributed by atoms with Gasteiger partial charge in [-0.2, -0.15) is 0 Å². The zero-order valence-electron chi connectivity index (χ0n) is 79.7. The predicted octanol–water partition coefficient (Wildman–Crippen LogP) is 26.1. The number of carbonyl (C=O) groups is 4. The topological polar surface area (TPSA) is 247 Å². The van der Waals surface area contributed by atoms with Gasteiger partial charge in [0.15, 0.2) is 0 Å². The molecule has 23 heteroatoms. The zero-order valence-corrected chi connectivity index (χ0v) is 80.5. The molecule has 0 radical (unpaired) electrons. The van der Waals surface area contributed by atoms with E-state index in [0.29, 0.717) is 99.3 Å². The van der Waals surface area contributed by atoms with E-state index >= 15 is 0 Å². The van der Waals surface area contributed by atoms with E-state index in [4.69, 9.17) is 35.3 Å². The monoisotopic (exact) mass is 1810 g/mol. The van der Waals surface area contributed by atoms with Crippen LogP contribution in [0.15, 0.2) is 152 Å². The number of carbonyl (C=O) groups excluding carboxylic acids is 3. The molecule has 0 spiro atoms. The van der Waals surface area contributed by atoms with Gasteiger partial charge in [-0.15, -0.1) is 0 Å². The molecular weight excluding hydrogens is 1660 g/mol. The number of hydrogen-bond donors (Lipinski definition) is 5. The molecule has 8 aliphatic carbocycles. The van der Waals surface area contributed by atoms with Crippen LogP contribution in [-0.4, -0.2) is 114 Å². The molecule has 8 fully saturated rings. The second-order valence-electron chi connectivity index (χ2n) is 39.5. The number of aromatic nitrogens is 4. The van der Waals surface area contributed by atoms with Crippen LogP contribution in [0.5, 0.6) is 11.8 Å². The average molecular weight is 1810 g/mol. The van der Waals surface area contributed by atoms with Crippen molar-refractivity contribution in [1.29, 1.82) is 0 Å². The Hall–Kier alpha value is -10.4. The van der Waals surface area contributed by atoms with Crippen molar-refractivity contribution >= 4 is 105 Å². The number of nitrogens with one attached hydrogen (secondary N) is 4. The van der Waals surface area contributed by atoms with E-state index in [1.165, 1.54) is 152 Å². The lowest BCUT2D eigenvalue weighted by Crippen LogP contribution is -2.42. The number of rotatable bonds is 39. The number of nitrogens with zero attached hydrogens (tertiary/aromatic N) is 8. The number of ether oxygens (including phenoxy) is 5. The van der Waals surface area contributed by atoms with Gasteiger partial charge in [0.25, 0.3) is 19.4 Å². The molecule has 0 saturated heterocycles. The Morgan fingerprint density at radius 1 is 0.389 bits per heavy atom. The fraction of sp³-hybridized carbons (Fsp3) is 0.556. The number of carboxylic acids is 1. The summed E-state index contributed by atoms with van der Waals surface area (Å²) in [6, 6.07) is 44.5. The third-order valence-electron chi connectivity index (χ3n) is 28.2. The first-order valence-corrected chi connectivity index (χ1v) is 50.0. The average Bonchev–Trinajstić information content (AvgIpc) is 0.753. The molecule has 5 N–H and O–H groups in total. The van der Waals surface area contributed by atoms with Gasteiger partial charge >= 0.3 is 12.0 Å². The summed E-state index contributed by atoms with van der Waals surface area (Å²) in [5, 5.41) is 25.2. The molecular formula is C108H147ClN12O10. The van der Waals surface area contributed by atoms with Crippen molar-refractivity contribution in [2.75, 3.05) is 80.3 Å². The van der Waals surface area contributed by atoms with Crippen molar-refractivity contribution < 1.29 is 48.0 Å². The van der Waals surface area contributed by atoms with E-state index < -0.39 is 28.2 Å². The van der Waals surface area contributed by atoms with Gasteiger partial charge in [0.2, 0.25) is 0 Å². The Labute approximate surface area is 785 Å². The van der Waals surface area contributed by atoms with Gasteiger partial charge in [0, 0.05) is 66.7 Å². The Morgan fingerprint density at radius 3 is 0.969 bits per heavy atom. The van der Waals surface area contributed by atoms with Crippen molar-refractivity contribution in [3.63, 3.8) is 0 Å². The van der Waals surface area contributed by atoms with Crippen LogP contribution in [0.3, 0.4) is 0 Å². The molecule has 6 aromatic carbocycles. The first-order chi connectivity index (χ1) is 63.6. The second kappa shape index (κ2) is 47.3. The van der Waals surface area contributed by atoms with Crippen LogP contribution in [0.25, 0.3) is 0 Å². The highest BCUT2D eigenvalue weighted by molar-refractivity contribution is 6.30. The van der Waals surface area contributed by atoms with Gasteiger partial charge in [0.05, 0.1) is 100 Å². The molecule has 8 aromatic rings. The number of aliphatic carboxylic acids is 1. The van der Waals surface area contributed by atoms with E-state index in [1.54, 1.807) is 24.8 Å². The molecule has 0 aliphatic heterocycles. The van der Waals surface area contributed by atoms with Crippen LogP contribution in [-0.2, 0) is 55.6 Å². The Kier molecular flexibility index (Phi) is 35.5.